The average molecular weight is 441 g/mol. The Labute approximate surface area is 181 Å². The highest BCUT2D eigenvalue weighted by Gasteiger charge is 2.32. The number of benzene rings is 2. The molecular weight excluding hydrogens is 422 g/mol. The van der Waals surface area contributed by atoms with E-state index in [1.54, 1.807) is 10.5 Å². The molecule has 0 fully saturated rings. The molecule has 0 spiro atoms. The maximum Gasteiger partial charge on any atom is 0.416 e. The number of halogens is 4. The van der Waals surface area contributed by atoms with E-state index in [2.05, 4.69) is 10.3 Å². The number of fused-ring (bicyclic) bond motifs is 1. The summed E-state index contributed by atoms with van der Waals surface area (Å²) in [7, 11) is 0. The van der Waals surface area contributed by atoms with Crippen LogP contribution < -0.4 is 5.32 Å². The van der Waals surface area contributed by atoms with E-state index in [0.29, 0.717) is 29.3 Å². The van der Waals surface area contributed by atoms with Gasteiger partial charge in [0.05, 0.1) is 11.1 Å². The second-order valence-electron chi connectivity index (χ2n) is 7.62. The number of aromatic nitrogens is 2. The average Bonchev–Trinajstić information content (AvgIpc) is 3.12. The third-order valence-corrected chi connectivity index (χ3v) is 5.09. The fraction of sp³-hybridized carbons (Fsp3) is 0.167. The van der Waals surface area contributed by atoms with Crippen molar-refractivity contribution in [2.75, 3.05) is 5.32 Å². The fourth-order valence-corrected chi connectivity index (χ4v) is 3.53. The predicted octanol–water partition coefficient (Wildman–Crippen LogP) is 6.53. The topological polar surface area (TPSA) is 46.4 Å². The standard InChI is InChI=1S/C24H19F4N3O/c1-14(2)19-9-6-10-20-29-21(15-7-4-3-5-8-15)22(31(19)20)30-23(32)17-12-11-16(13-18(17)25)24(26,27)28/h3-14H,1-2H3,(H,30,32). The van der Waals surface area contributed by atoms with Gasteiger partial charge in [-0.05, 0) is 36.2 Å². The minimum atomic E-state index is -4.70. The third-order valence-electron chi connectivity index (χ3n) is 5.09. The Morgan fingerprint density at radius 1 is 1.00 bits per heavy atom. The summed E-state index contributed by atoms with van der Waals surface area (Å²) in [5.74, 6) is -1.72. The maximum atomic E-state index is 14.4. The van der Waals surface area contributed by atoms with Crippen molar-refractivity contribution in [3.8, 4) is 11.3 Å². The van der Waals surface area contributed by atoms with Crippen LogP contribution in [0, 0.1) is 5.82 Å². The zero-order valence-corrected chi connectivity index (χ0v) is 17.2. The van der Waals surface area contributed by atoms with Crippen molar-refractivity contribution in [1.82, 2.24) is 9.38 Å². The van der Waals surface area contributed by atoms with E-state index < -0.39 is 29.0 Å². The number of alkyl halides is 3. The number of nitrogens with zero attached hydrogens (tertiary/aromatic N) is 2. The summed E-state index contributed by atoms with van der Waals surface area (Å²) >= 11 is 0. The molecule has 0 radical (unpaired) electrons. The van der Waals surface area contributed by atoms with Crippen LogP contribution in [0.4, 0.5) is 23.4 Å². The first-order valence-electron chi connectivity index (χ1n) is 9.91. The summed E-state index contributed by atoms with van der Waals surface area (Å²) in [6, 6.07) is 16.5. The van der Waals surface area contributed by atoms with Crippen LogP contribution in [0.3, 0.4) is 0 Å². The summed E-state index contributed by atoms with van der Waals surface area (Å²) in [6.07, 6.45) is -4.70. The molecule has 4 rings (SSSR count). The second-order valence-corrected chi connectivity index (χ2v) is 7.62. The predicted molar refractivity (Wildman–Crippen MR) is 114 cm³/mol. The molecule has 0 aliphatic heterocycles. The van der Waals surface area contributed by atoms with Crippen molar-refractivity contribution < 1.29 is 22.4 Å². The normalized spacial score (nSPS) is 11.8. The van der Waals surface area contributed by atoms with Crippen LogP contribution >= 0.6 is 0 Å². The molecule has 164 valence electrons. The molecular formula is C24H19F4N3O. The Morgan fingerprint density at radius 2 is 1.72 bits per heavy atom. The maximum absolute atomic E-state index is 14.4. The Bertz CT molecular complexity index is 1290. The Balaban J connectivity index is 1.84. The van der Waals surface area contributed by atoms with Gasteiger partial charge in [-0.3, -0.25) is 9.20 Å². The molecule has 0 unspecified atom stereocenters. The molecule has 4 nitrogen and oxygen atoms in total. The summed E-state index contributed by atoms with van der Waals surface area (Å²) in [5, 5.41) is 2.68. The second kappa shape index (κ2) is 8.11. The van der Waals surface area contributed by atoms with Gasteiger partial charge in [-0.15, -0.1) is 0 Å². The van der Waals surface area contributed by atoms with E-state index in [9.17, 15) is 22.4 Å². The van der Waals surface area contributed by atoms with Crippen LogP contribution in [0.15, 0.2) is 66.7 Å². The summed E-state index contributed by atoms with van der Waals surface area (Å²) in [6.45, 7) is 3.97. The molecule has 4 aromatic rings. The van der Waals surface area contributed by atoms with E-state index >= 15 is 0 Å². The van der Waals surface area contributed by atoms with Crippen LogP contribution in [-0.4, -0.2) is 15.3 Å². The molecule has 0 bridgehead atoms. The minimum absolute atomic E-state index is 0.0787. The fourth-order valence-electron chi connectivity index (χ4n) is 3.53. The first-order chi connectivity index (χ1) is 15.2. The van der Waals surface area contributed by atoms with Crippen molar-refractivity contribution in [2.24, 2.45) is 0 Å². The highest BCUT2D eigenvalue weighted by Crippen LogP contribution is 2.33. The molecule has 0 saturated carbocycles. The number of hydrogen-bond donors (Lipinski definition) is 1. The molecule has 2 aromatic carbocycles. The molecule has 0 atom stereocenters. The Kier molecular flexibility index (Phi) is 5.46. The van der Waals surface area contributed by atoms with E-state index in [-0.39, 0.29) is 5.92 Å². The van der Waals surface area contributed by atoms with E-state index in [1.165, 1.54) is 0 Å². The van der Waals surface area contributed by atoms with E-state index in [1.807, 2.05) is 56.3 Å². The van der Waals surface area contributed by atoms with Gasteiger partial charge in [-0.1, -0.05) is 50.2 Å². The molecule has 2 aromatic heterocycles. The molecule has 32 heavy (non-hydrogen) atoms. The van der Waals surface area contributed by atoms with Crippen molar-refractivity contribution in [1.29, 1.82) is 0 Å². The molecule has 0 aliphatic rings. The van der Waals surface area contributed by atoms with Gasteiger partial charge >= 0.3 is 6.18 Å². The van der Waals surface area contributed by atoms with Gasteiger partial charge in [0.1, 0.15) is 23.0 Å². The highest BCUT2D eigenvalue weighted by atomic mass is 19.4. The number of carbonyl (C=O) groups is 1. The van der Waals surface area contributed by atoms with Gasteiger partial charge in [-0.25, -0.2) is 9.37 Å². The largest absolute Gasteiger partial charge is 0.416 e. The molecule has 0 saturated heterocycles. The zero-order chi connectivity index (χ0) is 23.0. The number of carbonyl (C=O) groups excluding carboxylic acids is 1. The van der Waals surface area contributed by atoms with Crippen molar-refractivity contribution in [3.05, 3.63) is 89.4 Å². The number of amides is 1. The van der Waals surface area contributed by atoms with Gasteiger partial charge in [-0.2, -0.15) is 13.2 Å². The van der Waals surface area contributed by atoms with Crippen LogP contribution in [0.5, 0.6) is 0 Å². The lowest BCUT2D eigenvalue weighted by Gasteiger charge is -2.14. The number of anilines is 1. The molecule has 8 heteroatoms. The SMILES string of the molecule is CC(C)c1cccc2nc(-c3ccccc3)c(NC(=O)c3ccc(C(F)(F)F)cc3F)n12. The van der Waals surface area contributed by atoms with Gasteiger partial charge in [0, 0.05) is 11.3 Å². The van der Waals surface area contributed by atoms with Crippen LogP contribution in [0.2, 0.25) is 0 Å². The van der Waals surface area contributed by atoms with Crippen LogP contribution in [0.25, 0.3) is 16.9 Å². The monoisotopic (exact) mass is 441 g/mol. The van der Waals surface area contributed by atoms with E-state index in [4.69, 9.17) is 0 Å². The number of hydrogen-bond acceptors (Lipinski definition) is 2. The number of nitrogens with one attached hydrogen (secondary N) is 1. The first kappa shape index (κ1) is 21.5. The highest BCUT2D eigenvalue weighted by molar-refractivity contribution is 6.06. The van der Waals surface area contributed by atoms with Crippen molar-refractivity contribution in [3.63, 3.8) is 0 Å². The van der Waals surface area contributed by atoms with Gasteiger partial charge in [0.2, 0.25) is 0 Å². The van der Waals surface area contributed by atoms with E-state index in [0.717, 1.165) is 17.3 Å². The van der Waals surface area contributed by atoms with Gasteiger partial charge < -0.3 is 5.32 Å². The smallest absolute Gasteiger partial charge is 0.306 e. The number of pyridine rings is 1. The molecule has 1 N–H and O–H groups in total. The molecule has 0 aliphatic carbocycles. The lowest BCUT2D eigenvalue weighted by molar-refractivity contribution is -0.137. The van der Waals surface area contributed by atoms with Gasteiger partial charge in [0.25, 0.3) is 5.91 Å². The lowest BCUT2D eigenvalue weighted by atomic mass is 10.1. The van der Waals surface area contributed by atoms with Crippen LogP contribution in [-0.2, 0) is 6.18 Å². The van der Waals surface area contributed by atoms with Gasteiger partial charge in [0.15, 0.2) is 0 Å². The summed E-state index contributed by atoms with van der Waals surface area (Å²) in [5.41, 5.74) is 0.995. The Morgan fingerprint density at radius 3 is 2.34 bits per heavy atom. The number of imidazole rings is 1. The molecule has 2 heterocycles. The van der Waals surface area contributed by atoms with Crippen molar-refractivity contribution in [2.45, 2.75) is 25.9 Å². The Hall–Kier alpha value is -3.68. The zero-order valence-electron chi connectivity index (χ0n) is 17.2. The van der Waals surface area contributed by atoms with Crippen LogP contribution in [0.1, 0.15) is 41.4 Å². The third kappa shape index (κ3) is 3.95. The summed E-state index contributed by atoms with van der Waals surface area (Å²) < 4.78 is 54.8. The minimum Gasteiger partial charge on any atom is -0.306 e. The molecule has 1 amide bonds. The first-order valence-corrected chi connectivity index (χ1v) is 9.91. The quantitative estimate of drug-likeness (QED) is 0.366. The lowest BCUT2D eigenvalue weighted by Crippen LogP contribution is -2.17. The summed E-state index contributed by atoms with van der Waals surface area (Å²) in [4.78, 5) is 17.6. The number of rotatable bonds is 4. The van der Waals surface area contributed by atoms with Crippen molar-refractivity contribution >= 4 is 17.4 Å².